The van der Waals surface area contributed by atoms with Crippen molar-refractivity contribution in [3.8, 4) is 11.1 Å². The van der Waals surface area contributed by atoms with Gasteiger partial charge in [0.25, 0.3) is 0 Å². The molecule has 4 heteroatoms. The summed E-state index contributed by atoms with van der Waals surface area (Å²) in [6.45, 7) is 2.16. The van der Waals surface area contributed by atoms with Crippen LogP contribution in [0.15, 0.2) is 30.3 Å². The molecule has 126 valence electrons. The summed E-state index contributed by atoms with van der Waals surface area (Å²) in [5.41, 5.74) is 1.56. The highest BCUT2D eigenvalue weighted by molar-refractivity contribution is 5.88. The Hall–Kier alpha value is -2.10. The summed E-state index contributed by atoms with van der Waals surface area (Å²) in [7, 11) is 0. The molecule has 1 aliphatic carbocycles. The van der Waals surface area contributed by atoms with Crippen molar-refractivity contribution in [1.29, 1.82) is 0 Å². The lowest BCUT2D eigenvalue weighted by atomic mass is 9.85. The van der Waals surface area contributed by atoms with Crippen molar-refractivity contribution in [2.75, 3.05) is 0 Å². The molecule has 0 heterocycles. The van der Waals surface area contributed by atoms with E-state index in [9.17, 15) is 18.0 Å². The summed E-state index contributed by atoms with van der Waals surface area (Å²) in [5, 5.41) is 0. The molecule has 0 saturated heterocycles. The predicted molar refractivity (Wildman–Crippen MR) is 87.5 cm³/mol. The van der Waals surface area contributed by atoms with Gasteiger partial charge in [0.05, 0.1) is 0 Å². The molecule has 2 atom stereocenters. The van der Waals surface area contributed by atoms with Crippen LogP contribution in [-0.4, -0.2) is 6.29 Å². The second kappa shape index (κ2) is 6.80. The van der Waals surface area contributed by atoms with E-state index >= 15 is 0 Å². The second-order valence-electron chi connectivity index (χ2n) is 6.39. The Morgan fingerprint density at radius 2 is 1.79 bits per heavy atom. The van der Waals surface area contributed by atoms with E-state index in [2.05, 4.69) is 6.92 Å². The van der Waals surface area contributed by atoms with Crippen molar-refractivity contribution >= 4 is 6.29 Å². The van der Waals surface area contributed by atoms with Crippen molar-refractivity contribution in [2.24, 2.45) is 5.92 Å². The fourth-order valence-electron chi connectivity index (χ4n) is 3.85. The molecule has 1 aliphatic rings. The molecule has 0 amide bonds. The summed E-state index contributed by atoms with van der Waals surface area (Å²) in [4.78, 5) is 11.5. The van der Waals surface area contributed by atoms with Crippen LogP contribution in [0.25, 0.3) is 11.1 Å². The summed E-state index contributed by atoms with van der Waals surface area (Å²) >= 11 is 0. The minimum Gasteiger partial charge on any atom is -0.298 e. The third kappa shape index (κ3) is 2.85. The fourth-order valence-corrected chi connectivity index (χ4v) is 3.85. The molecule has 3 rings (SSSR count). The van der Waals surface area contributed by atoms with Gasteiger partial charge in [-0.2, -0.15) is 0 Å². The zero-order valence-electron chi connectivity index (χ0n) is 13.5. The van der Waals surface area contributed by atoms with Gasteiger partial charge in [-0.15, -0.1) is 0 Å². The lowest BCUT2D eigenvalue weighted by Gasteiger charge is -2.19. The third-order valence-corrected chi connectivity index (χ3v) is 5.14. The van der Waals surface area contributed by atoms with E-state index in [4.69, 9.17) is 0 Å². The normalized spacial score (nSPS) is 20.3. The number of carbonyl (C=O) groups is 1. The first kappa shape index (κ1) is 16.7. The second-order valence-corrected chi connectivity index (χ2v) is 6.39. The van der Waals surface area contributed by atoms with Crippen LogP contribution in [0, 0.1) is 23.4 Å². The maximum atomic E-state index is 14.1. The van der Waals surface area contributed by atoms with Gasteiger partial charge in [0, 0.05) is 11.1 Å². The molecule has 1 fully saturated rings. The van der Waals surface area contributed by atoms with Crippen LogP contribution in [0.4, 0.5) is 13.2 Å². The molecule has 2 aromatic carbocycles. The third-order valence-electron chi connectivity index (χ3n) is 5.14. The Balaban J connectivity index is 2.05. The Morgan fingerprint density at radius 3 is 2.50 bits per heavy atom. The molecule has 0 aromatic heterocycles. The van der Waals surface area contributed by atoms with Gasteiger partial charge in [-0.3, -0.25) is 4.79 Å². The number of rotatable bonds is 4. The molecule has 2 unspecified atom stereocenters. The predicted octanol–water partition coefficient (Wildman–Crippen LogP) is 5.88. The standard InChI is InChI=1S/C20H19F3O/c1-2-12-4-3-5-15(12)13-6-7-16(14(10-13)11-24)17-8-9-18(21)20(23)19(17)22/h6-12,15H,2-5H2,1H3. The van der Waals surface area contributed by atoms with Crippen LogP contribution in [0.5, 0.6) is 0 Å². The molecule has 2 aromatic rings. The number of aldehydes is 1. The molecule has 1 nitrogen and oxygen atoms in total. The first-order chi connectivity index (χ1) is 11.6. The van der Waals surface area contributed by atoms with Gasteiger partial charge in [-0.1, -0.05) is 31.9 Å². The average molecular weight is 332 g/mol. The van der Waals surface area contributed by atoms with Gasteiger partial charge in [0.2, 0.25) is 0 Å². The van der Waals surface area contributed by atoms with Crippen LogP contribution in [-0.2, 0) is 0 Å². The maximum absolute atomic E-state index is 14.1. The molecule has 1 saturated carbocycles. The van der Waals surface area contributed by atoms with E-state index in [-0.39, 0.29) is 11.1 Å². The number of hydrogen-bond acceptors (Lipinski definition) is 1. The van der Waals surface area contributed by atoms with Crippen molar-refractivity contribution in [2.45, 2.75) is 38.5 Å². The summed E-state index contributed by atoms with van der Waals surface area (Å²) in [6, 6.07) is 7.32. The molecular weight excluding hydrogens is 313 g/mol. The van der Waals surface area contributed by atoms with E-state index < -0.39 is 17.5 Å². The van der Waals surface area contributed by atoms with Crippen LogP contribution < -0.4 is 0 Å². The molecule has 0 N–H and O–H groups in total. The van der Waals surface area contributed by atoms with Crippen LogP contribution in [0.1, 0.15) is 54.4 Å². The first-order valence-electron chi connectivity index (χ1n) is 8.29. The SMILES string of the molecule is CCC1CCCC1c1ccc(-c2ccc(F)c(F)c2F)c(C=O)c1. The molecular formula is C20H19F3O. The van der Waals surface area contributed by atoms with E-state index in [1.165, 1.54) is 18.9 Å². The maximum Gasteiger partial charge on any atom is 0.195 e. The highest BCUT2D eigenvalue weighted by atomic mass is 19.2. The van der Waals surface area contributed by atoms with Gasteiger partial charge < -0.3 is 0 Å². The number of hydrogen-bond donors (Lipinski definition) is 0. The highest BCUT2D eigenvalue weighted by Gasteiger charge is 2.28. The van der Waals surface area contributed by atoms with Gasteiger partial charge in [-0.25, -0.2) is 13.2 Å². The van der Waals surface area contributed by atoms with Gasteiger partial charge in [-0.05, 0) is 54.0 Å². The average Bonchev–Trinajstić information content (AvgIpc) is 3.08. The van der Waals surface area contributed by atoms with Crippen molar-refractivity contribution in [1.82, 2.24) is 0 Å². The summed E-state index contributed by atoms with van der Waals surface area (Å²) in [5.74, 6) is -3.03. The van der Waals surface area contributed by atoms with Crippen molar-refractivity contribution in [3.63, 3.8) is 0 Å². The van der Waals surface area contributed by atoms with E-state index in [0.717, 1.165) is 24.5 Å². The monoisotopic (exact) mass is 332 g/mol. The largest absolute Gasteiger partial charge is 0.298 e. The smallest absolute Gasteiger partial charge is 0.195 e. The van der Waals surface area contributed by atoms with Crippen molar-refractivity contribution < 1.29 is 18.0 Å². The topological polar surface area (TPSA) is 17.1 Å². The quantitative estimate of drug-likeness (QED) is 0.505. The molecule has 0 aliphatic heterocycles. The molecule has 0 radical (unpaired) electrons. The van der Waals surface area contributed by atoms with E-state index in [0.29, 0.717) is 23.7 Å². The zero-order chi connectivity index (χ0) is 17.3. The van der Waals surface area contributed by atoms with Crippen molar-refractivity contribution in [3.05, 3.63) is 58.9 Å². The van der Waals surface area contributed by atoms with E-state index in [1.807, 2.05) is 6.07 Å². The van der Waals surface area contributed by atoms with Crippen LogP contribution >= 0.6 is 0 Å². The first-order valence-corrected chi connectivity index (χ1v) is 8.29. The minimum absolute atomic E-state index is 0.0963. The lowest BCUT2D eigenvalue weighted by Crippen LogP contribution is -2.06. The van der Waals surface area contributed by atoms with Gasteiger partial charge in [0.1, 0.15) is 0 Å². The Labute approximate surface area is 139 Å². The molecule has 24 heavy (non-hydrogen) atoms. The summed E-state index contributed by atoms with van der Waals surface area (Å²) in [6.07, 6.45) is 5.15. The molecule has 0 spiro atoms. The zero-order valence-corrected chi connectivity index (χ0v) is 13.5. The van der Waals surface area contributed by atoms with Crippen LogP contribution in [0.2, 0.25) is 0 Å². The number of carbonyl (C=O) groups excluding carboxylic acids is 1. The number of halogens is 3. The highest BCUT2D eigenvalue weighted by Crippen LogP contribution is 2.42. The van der Waals surface area contributed by atoms with E-state index in [1.54, 1.807) is 12.1 Å². The Bertz CT molecular complexity index is 770. The lowest BCUT2D eigenvalue weighted by molar-refractivity contribution is 0.112. The van der Waals surface area contributed by atoms with Gasteiger partial charge in [0.15, 0.2) is 23.7 Å². The number of benzene rings is 2. The van der Waals surface area contributed by atoms with Crippen LogP contribution in [0.3, 0.4) is 0 Å². The Kier molecular flexibility index (Phi) is 4.74. The fraction of sp³-hybridized carbons (Fsp3) is 0.350. The van der Waals surface area contributed by atoms with Gasteiger partial charge >= 0.3 is 0 Å². The summed E-state index contributed by atoms with van der Waals surface area (Å²) < 4.78 is 40.7. The minimum atomic E-state index is -1.52. The Morgan fingerprint density at radius 1 is 1.04 bits per heavy atom. The molecule has 0 bridgehead atoms.